The van der Waals surface area contributed by atoms with Crippen LogP contribution in [0.25, 0.3) is 11.0 Å². The molecule has 1 aliphatic carbocycles. The summed E-state index contributed by atoms with van der Waals surface area (Å²) in [5.41, 5.74) is 11.8. The SMILES string of the molecule is O=C(C1CCC2NNNC2C1)N1CCC(c2c[nH]c3ncccc23)CC1. The predicted octanol–water partition coefficient (Wildman–Crippen LogP) is 1.42. The van der Waals surface area contributed by atoms with Crippen molar-refractivity contribution in [3.63, 3.8) is 0 Å². The molecule has 3 aliphatic rings. The Balaban J connectivity index is 1.22. The zero-order valence-electron chi connectivity index (χ0n) is 14.9. The van der Waals surface area contributed by atoms with Gasteiger partial charge in [-0.05, 0) is 55.7 Å². The van der Waals surface area contributed by atoms with Crippen molar-refractivity contribution in [1.82, 2.24) is 31.3 Å². The zero-order valence-corrected chi connectivity index (χ0v) is 14.9. The summed E-state index contributed by atoms with van der Waals surface area (Å²) in [6.07, 6.45) is 8.97. The van der Waals surface area contributed by atoms with Crippen LogP contribution in [0.3, 0.4) is 0 Å². The summed E-state index contributed by atoms with van der Waals surface area (Å²) in [6.45, 7) is 1.73. The van der Waals surface area contributed by atoms with Crippen LogP contribution in [0, 0.1) is 5.92 Å². The highest BCUT2D eigenvalue weighted by Gasteiger charge is 2.38. The number of pyridine rings is 1. The molecule has 0 radical (unpaired) electrons. The first-order valence-electron chi connectivity index (χ1n) is 9.76. The summed E-state index contributed by atoms with van der Waals surface area (Å²) in [5, 5.41) is 1.22. The Kier molecular flexibility index (Phi) is 4.15. The van der Waals surface area contributed by atoms with Crippen molar-refractivity contribution < 1.29 is 4.79 Å². The number of likely N-dealkylation sites (tertiary alicyclic amines) is 1. The summed E-state index contributed by atoms with van der Waals surface area (Å²) in [7, 11) is 0. The molecule has 3 fully saturated rings. The number of carbonyl (C=O) groups excluding carboxylic acids is 1. The second kappa shape index (κ2) is 6.64. The van der Waals surface area contributed by atoms with Crippen LogP contribution in [0.1, 0.15) is 43.6 Å². The minimum Gasteiger partial charge on any atom is -0.346 e. The van der Waals surface area contributed by atoms with Gasteiger partial charge in [-0.15, -0.1) is 0 Å². The van der Waals surface area contributed by atoms with E-state index in [0.29, 0.717) is 23.9 Å². The van der Waals surface area contributed by atoms with Crippen LogP contribution in [-0.2, 0) is 4.79 Å². The van der Waals surface area contributed by atoms with Gasteiger partial charge in [-0.3, -0.25) is 4.79 Å². The minimum atomic E-state index is 0.166. The van der Waals surface area contributed by atoms with Gasteiger partial charge in [0.1, 0.15) is 5.65 Å². The number of aromatic amines is 1. The molecule has 1 amide bonds. The van der Waals surface area contributed by atoms with Gasteiger partial charge in [0.05, 0.1) is 0 Å². The second-order valence-corrected chi connectivity index (χ2v) is 7.88. The largest absolute Gasteiger partial charge is 0.346 e. The number of nitrogens with one attached hydrogen (secondary N) is 4. The van der Waals surface area contributed by atoms with Crippen LogP contribution in [0.4, 0.5) is 0 Å². The number of carbonyl (C=O) groups is 1. The fourth-order valence-corrected chi connectivity index (χ4v) is 4.94. The van der Waals surface area contributed by atoms with Crippen molar-refractivity contribution in [3.05, 3.63) is 30.1 Å². The summed E-state index contributed by atoms with van der Waals surface area (Å²) in [6, 6.07) is 4.96. The Morgan fingerprint density at radius 1 is 1.12 bits per heavy atom. The number of hydrazine groups is 2. The van der Waals surface area contributed by atoms with E-state index in [1.807, 2.05) is 12.3 Å². The monoisotopic (exact) mass is 354 g/mol. The Morgan fingerprint density at radius 3 is 2.85 bits per heavy atom. The third kappa shape index (κ3) is 2.80. The van der Waals surface area contributed by atoms with Crippen LogP contribution < -0.4 is 16.4 Å². The molecule has 26 heavy (non-hydrogen) atoms. The van der Waals surface area contributed by atoms with Crippen LogP contribution >= 0.6 is 0 Å². The normalized spacial score (nSPS) is 29.8. The van der Waals surface area contributed by atoms with Crippen molar-refractivity contribution in [2.75, 3.05) is 13.1 Å². The van der Waals surface area contributed by atoms with Gasteiger partial charge in [-0.1, -0.05) is 0 Å². The number of piperidine rings is 1. The highest BCUT2D eigenvalue weighted by Crippen LogP contribution is 2.34. The Bertz CT molecular complexity index is 796. The lowest BCUT2D eigenvalue weighted by molar-refractivity contribution is -0.138. The fourth-order valence-electron chi connectivity index (χ4n) is 4.94. The Labute approximate surface area is 152 Å². The number of aromatic nitrogens is 2. The maximum Gasteiger partial charge on any atom is 0.225 e. The third-order valence-corrected chi connectivity index (χ3v) is 6.44. The van der Waals surface area contributed by atoms with Crippen molar-refractivity contribution >= 4 is 16.9 Å². The molecule has 2 aliphatic heterocycles. The van der Waals surface area contributed by atoms with Gasteiger partial charge in [0.15, 0.2) is 0 Å². The Morgan fingerprint density at radius 2 is 1.96 bits per heavy atom. The van der Waals surface area contributed by atoms with E-state index in [2.05, 4.69) is 43.5 Å². The molecule has 7 heteroatoms. The van der Waals surface area contributed by atoms with Crippen LogP contribution in [0.5, 0.6) is 0 Å². The lowest BCUT2D eigenvalue weighted by Gasteiger charge is -2.37. The molecule has 2 aromatic rings. The van der Waals surface area contributed by atoms with Gasteiger partial charge in [-0.2, -0.15) is 5.53 Å². The molecule has 3 unspecified atom stereocenters. The molecule has 4 heterocycles. The van der Waals surface area contributed by atoms with Crippen LogP contribution in [0.15, 0.2) is 24.5 Å². The predicted molar refractivity (Wildman–Crippen MR) is 99.0 cm³/mol. The molecule has 4 N–H and O–H groups in total. The molecule has 0 bridgehead atoms. The maximum absolute atomic E-state index is 13.0. The maximum atomic E-state index is 13.0. The van der Waals surface area contributed by atoms with Crippen LogP contribution in [0.2, 0.25) is 0 Å². The molecule has 2 saturated heterocycles. The molecule has 0 aromatic carbocycles. The third-order valence-electron chi connectivity index (χ3n) is 6.44. The van der Waals surface area contributed by atoms with Gasteiger partial charge >= 0.3 is 0 Å². The number of rotatable bonds is 2. The molecule has 0 spiro atoms. The quantitative estimate of drug-likeness (QED) is 0.655. The minimum absolute atomic E-state index is 0.166. The molecular formula is C19H26N6O. The summed E-state index contributed by atoms with van der Waals surface area (Å²) in [4.78, 5) is 22.8. The fraction of sp³-hybridized carbons (Fsp3) is 0.579. The van der Waals surface area contributed by atoms with E-state index in [-0.39, 0.29) is 5.92 Å². The Hall–Kier alpha value is -1.96. The highest BCUT2D eigenvalue weighted by atomic mass is 16.2. The number of hydrogen-bond acceptors (Lipinski definition) is 5. The number of H-pyrrole nitrogens is 1. The molecule has 1 saturated carbocycles. The van der Waals surface area contributed by atoms with Crippen molar-refractivity contribution in [1.29, 1.82) is 0 Å². The van der Waals surface area contributed by atoms with E-state index in [1.54, 1.807) is 0 Å². The summed E-state index contributed by atoms with van der Waals surface area (Å²) in [5.74, 6) is 1.04. The molecule has 2 aromatic heterocycles. The van der Waals surface area contributed by atoms with Gasteiger partial charge in [0.25, 0.3) is 0 Å². The summed E-state index contributed by atoms with van der Waals surface area (Å²) < 4.78 is 0. The lowest BCUT2D eigenvalue weighted by atomic mass is 9.81. The smallest absolute Gasteiger partial charge is 0.225 e. The van der Waals surface area contributed by atoms with Crippen LogP contribution in [-0.4, -0.2) is 45.9 Å². The topological polar surface area (TPSA) is 85.1 Å². The first-order chi connectivity index (χ1) is 12.8. The number of amides is 1. The van der Waals surface area contributed by atoms with E-state index in [0.717, 1.165) is 50.8 Å². The van der Waals surface area contributed by atoms with Gasteiger partial charge in [0.2, 0.25) is 5.91 Å². The second-order valence-electron chi connectivity index (χ2n) is 7.88. The highest BCUT2D eigenvalue weighted by molar-refractivity contribution is 5.81. The van der Waals surface area contributed by atoms with Gasteiger partial charge < -0.3 is 9.88 Å². The van der Waals surface area contributed by atoms with E-state index < -0.39 is 0 Å². The standard InChI is InChI=1S/C19H26N6O/c26-19(13-3-4-16-17(10-13)23-24-22-16)25-8-5-12(6-9-25)15-11-21-18-14(15)2-1-7-20-18/h1-2,7,11-13,16-17,22-24H,3-6,8-10H2,(H,20,21). The van der Waals surface area contributed by atoms with E-state index in [1.165, 1.54) is 10.9 Å². The summed E-state index contributed by atoms with van der Waals surface area (Å²) >= 11 is 0. The van der Waals surface area contributed by atoms with Crippen molar-refractivity contribution in [2.24, 2.45) is 5.92 Å². The molecule has 7 nitrogen and oxygen atoms in total. The van der Waals surface area contributed by atoms with Gasteiger partial charge in [0, 0.05) is 48.9 Å². The molecule has 138 valence electrons. The number of fused-ring (bicyclic) bond motifs is 2. The first-order valence-corrected chi connectivity index (χ1v) is 9.76. The number of nitrogens with zero attached hydrogens (tertiary/aromatic N) is 2. The molecular weight excluding hydrogens is 328 g/mol. The average Bonchev–Trinajstić information content (AvgIpc) is 3.34. The average molecular weight is 354 g/mol. The lowest BCUT2D eigenvalue weighted by Crippen LogP contribution is -2.47. The first kappa shape index (κ1) is 16.2. The molecule has 5 rings (SSSR count). The van der Waals surface area contributed by atoms with E-state index >= 15 is 0 Å². The van der Waals surface area contributed by atoms with Crippen molar-refractivity contribution in [2.45, 2.75) is 50.1 Å². The van der Waals surface area contributed by atoms with Gasteiger partial charge in [-0.25, -0.2) is 15.8 Å². The van der Waals surface area contributed by atoms with E-state index in [9.17, 15) is 4.79 Å². The number of hydrogen-bond donors (Lipinski definition) is 4. The van der Waals surface area contributed by atoms with Crippen molar-refractivity contribution in [3.8, 4) is 0 Å². The molecule has 3 atom stereocenters. The zero-order chi connectivity index (χ0) is 17.5. The van der Waals surface area contributed by atoms with E-state index in [4.69, 9.17) is 0 Å².